The molecule has 0 aromatic heterocycles. The molecular weight excluding hydrogens is 249 g/mol. The van der Waals surface area contributed by atoms with Crippen LogP contribution in [0.1, 0.15) is 68.7 Å². The van der Waals surface area contributed by atoms with E-state index in [0.29, 0.717) is 17.0 Å². The minimum atomic E-state index is -0.0923. The van der Waals surface area contributed by atoms with E-state index in [9.17, 15) is 4.39 Å². The van der Waals surface area contributed by atoms with Gasteiger partial charge in [0, 0.05) is 6.04 Å². The van der Waals surface area contributed by atoms with Gasteiger partial charge in [-0.15, -0.1) is 0 Å². The fourth-order valence-corrected chi connectivity index (χ4v) is 4.05. The van der Waals surface area contributed by atoms with E-state index in [2.05, 4.69) is 13.8 Å². The van der Waals surface area contributed by atoms with Crippen LogP contribution in [-0.4, -0.2) is 0 Å². The van der Waals surface area contributed by atoms with Gasteiger partial charge in [0.1, 0.15) is 5.82 Å². The van der Waals surface area contributed by atoms with Crippen LogP contribution in [0.4, 0.5) is 4.39 Å². The molecular formula is C18H28FN. The Hall–Kier alpha value is -0.890. The van der Waals surface area contributed by atoms with Crippen LogP contribution in [0.5, 0.6) is 0 Å². The van der Waals surface area contributed by atoms with Crippen molar-refractivity contribution in [3.8, 4) is 0 Å². The Morgan fingerprint density at radius 3 is 2.10 bits per heavy atom. The maximum Gasteiger partial charge on any atom is 0.129 e. The molecule has 1 aromatic carbocycles. The molecule has 1 fully saturated rings. The summed E-state index contributed by atoms with van der Waals surface area (Å²) in [7, 11) is 0. The van der Waals surface area contributed by atoms with Crippen molar-refractivity contribution in [2.45, 2.75) is 65.8 Å². The van der Waals surface area contributed by atoms with Gasteiger partial charge in [-0.25, -0.2) is 4.39 Å². The summed E-state index contributed by atoms with van der Waals surface area (Å²) in [6, 6.07) is 3.94. The van der Waals surface area contributed by atoms with Crippen molar-refractivity contribution in [2.75, 3.05) is 0 Å². The first-order valence-electron chi connectivity index (χ1n) is 7.88. The van der Waals surface area contributed by atoms with Crippen molar-refractivity contribution < 1.29 is 4.39 Å². The minimum absolute atomic E-state index is 0.0328. The Balaban J connectivity index is 2.35. The maximum absolute atomic E-state index is 13.8. The topological polar surface area (TPSA) is 26.0 Å². The Labute approximate surface area is 122 Å². The predicted octanol–water partition coefficient (Wildman–Crippen LogP) is 5.05. The van der Waals surface area contributed by atoms with Crippen molar-refractivity contribution >= 4 is 0 Å². The third-order valence-electron chi connectivity index (χ3n) is 4.89. The highest BCUT2D eigenvalue weighted by atomic mass is 19.1. The number of rotatable bonds is 4. The van der Waals surface area contributed by atoms with E-state index in [0.717, 1.165) is 5.56 Å². The molecule has 1 atom stereocenters. The summed E-state index contributed by atoms with van der Waals surface area (Å²) in [5.74, 6) is 0.562. The molecule has 0 radical (unpaired) electrons. The van der Waals surface area contributed by atoms with Gasteiger partial charge >= 0.3 is 0 Å². The predicted molar refractivity (Wildman–Crippen MR) is 83.2 cm³/mol. The summed E-state index contributed by atoms with van der Waals surface area (Å²) in [4.78, 5) is 0. The summed E-state index contributed by atoms with van der Waals surface area (Å²) in [5, 5.41) is 0. The van der Waals surface area contributed by atoms with Gasteiger partial charge in [0.05, 0.1) is 0 Å². The molecule has 1 nitrogen and oxygen atoms in total. The highest BCUT2D eigenvalue weighted by Crippen LogP contribution is 2.50. The SMILES string of the molecule is Cc1cc(C(N)C2(CC(C)C)CCCC2)cc(C)c1F. The van der Waals surface area contributed by atoms with E-state index < -0.39 is 0 Å². The molecule has 2 N–H and O–H groups in total. The van der Waals surface area contributed by atoms with Crippen molar-refractivity contribution in [3.05, 3.63) is 34.6 Å². The highest BCUT2D eigenvalue weighted by molar-refractivity contribution is 5.33. The van der Waals surface area contributed by atoms with E-state index in [1.807, 2.05) is 26.0 Å². The highest BCUT2D eigenvalue weighted by Gasteiger charge is 2.40. The van der Waals surface area contributed by atoms with Crippen LogP contribution >= 0.6 is 0 Å². The zero-order chi connectivity index (χ0) is 14.9. The minimum Gasteiger partial charge on any atom is -0.323 e. The molecule has 1 aliphatic rings. The number of nitrogens with two attached hydrogens (primary N) is 1. The first-order valence-corrected chi connectivity index (χ1v) is 7.88. The van der Waals surface area contributed by atoms with Crippen molar-refractivity contribution in [1.29, 1.82) is 0 Å². The lowest BCUT2D eigenvalue weighted by molar-refractivity contribution is 0.183. The second-order valence-electron chi connectivity index (χ2n) is 7.11. The fraction of sp³-hybridized carbons (Fsp3) is 0.667. The van der Waals surface area contributed by atoms with Crippen LogP contribution in [0.25, 0.3) is 0 Å². The standard InChI is InChI=1S/C18H28FN/c1-12(2)11-18(7-5-6-8-18)17(20)15-9-13(3)16(19)14(4)10-15/h9-10,12,17H,5-8,11,20H2,1-4H3. The zero-order valence-electron chi connectivity index (χ0n) is 13.3. The van der Waals surface area contributed by atoms with Crippen LogP contribution in [0.15, 0.2) is 12.1 Å². The number of hydrogen-bond donors (Lipinski definition) is 1. The monoisotopic (exact) mass is 277 g/mol. The first kappa shape index (κ1) is 15.5. The quantitative estimate of drug-likeness (QED) is 0.819. The van der Waals surface area contributed by atoms with Gasteiger partial charge < -0.3 is 5.73 Å². The molecule has 1 unspecified atom stereocenters. The van der Waals surface area contributed by atoms with E-state index in [1.54, 1.807) is 0 Å². The summed E-state index contributed by atoms with van der Waals surface area (Å²) in [6.45, 7) is 8.21. The molecule has 0 aliphatic heterocycles. The lowest BCUT2D eigenvalue weighted by atomic mass is 9.70. The summed E-state index contributed by atoms with van der Waals surface area (Å²) in [5.41, 5.74) is 9.41. The zero-order valence-corrected chi connectivity index (χ0v) is 13.3. The first-order chi connectivity index (χ1) is 9.35. The van der Waals surface area contributed by atoms with Gasteiger partial charge in [-0.3, -0.25) is 0 Å². The number of aryl methyl sites for hydroxylation is 2. The molecule has 0 spiro atoms. The third kappa shape index (κ3) is 2.90. The Morgan fingerprint density at radius 2 is 1.65 bits per heavy atom. The smallest absolute Gasteiger partial charge is 0.129 e. The molecule has 1 aliphatic carbocycles. The van der Waals surface area contributed by atoms with Crippen LogP contribution < -0.4 is 5.73 Å². The second-order valence-corrected chi connectivity index (χ2v) is 7.11. The average Bonchev–Trinajstić information content (AvgIpc) is 2.83. The van der Waals surface area contributed by atoms with E-state index in [1.165, 1.54) is 32.1 Å². The summed E-state index contributed by atoms with van der Waals surface area (Å²) in [6.07, 6.45) is 6.15. The van der Waals surface area contributed by atoms with Crippen LogP contribution in [0.3, 0.4) is 0 Å². The van der Waals surface area contributed by atoms with Gasteiger partial charge in [0.25, 0.3) is 0 Å². The van der Waals surface area contributed by atoms with Gasteiger partial charge in [-0.05, 0) is 61.1 Å². The van der Waals surface area contributed by atoms with Crippen molar-refractivity contribution in [3.63, 3.8) is 0 Å². The van der Waals surface area contributed by atoms with Gasteiger partial charge in [-0.1, -0.05) is 38.8 Å². The van der Waals surface area contributed by atoms with Crippen LogP contribution in [0.2, 0.25) is 0 Å². The molecule has 2 rings (SSSR count). The molecule has 0 bridgehead atoms. The summed E-state index contributed by atoms with van der Waals surface area (Å²) >= 11 is 0. The number of hydrogen-bond acceptors (Lipinski definition) is 1. The lowest BCUT2D eigenvalue weighted by Crippen LogP contribution is -2.33. The van der Waals surface area contributed by atoms with E-state index >= 15 is 0 Å². The van der Waals surface area contributed by atoms with Gasteiger partial charge in [0.15, 0.2) is 0 Å². The Morgan fingerprint density at radius 1 is 1.15 bits per heavy atom. The third-order valence-corrected chi connectivity index (χ3v) is 4.89. The molecule has 1 aromatic rings. The normalized spacial score (nSPS) is 19.6. The van der Waals surface area contributed by atoms with Gasteiger partial charge in [0.2, 0.25) is 0 Å². The summed E-state index contributed by atoms with van der Waals surface area (Å²) < 4.78 is 13.8. The van der Waals surface area contributed by atoms with E-state index in [-0.39, 0.29) is 17.3 Å². The largest absolute Gasteiger partial charge is 0.323 e. The molecule has 0 heterocycles. The maximum atomic E-state index is 13.8. The number of halogens is 1. The fourth-order valence-electron chi connectivity index (χ4n) is 4.05. The van der Waals surface area contributed by atoms with Crippen LogP contribution in [0, 0.1) is 31.0 Å². The van der Waals surface area contributed by atoms with Crippen molar-refractivity contribution in [2.24, 2.45) is 17.1 Å². The van der Waals surface area contributed by atoms with Gasteiger partial charge in [-0.2, -0.15) is 0 Å². The lowest BCUT2D eigenvalue weighted by Gasteiger charge is -2.37. The average molecular weight is 277 g/mol. The Bertz CT molecular complexity index is 449. The molecule has 0 saturated heterocycles. The van der Waals surface area contributed by atoms with Crippen molar-refractivity contribution in [1.82, 2.24) is 0 Å². The molecule has 1 saturated carbocycles. The van der Waals surface area contributed by atoms with Crippen LogP contribution in [-0.2, 0) is 0 Å². The molecule has 20 heavy (non-hydrogen) atoms. The second kappa shape index (κ2) is 5.85. The molecule has 2 heteroatoms. The van der Waals surface area contributed by atoms with E-state index in [4.69, 9.17) is 5.73 Å². The molecule has 0 amide bonds. The Kier molecular flexibility index (Phi) is 4.53. The molecule has 112 valence electrons. The number of benzene rings is 1.